The van der Waals surface area contributed by atoms with Gasteiger partial charge >= 0.3 is 5.84 Å². The molecule has 2 aromatic heterocycles. The maximum Gasteiger partial charge on any atom is 0.305 e. The standard InChI is InChI=1S/C8H10N2O/c1-6(2)7-5-9-8-10(7)3-4-11-8/h3-6H,1-2H3. The molecule has 0 atom stereocenters. The Balaban J connectivity index is 2.68. The number of nitrogens with zero attached hydrogens (tertiary/aromatic N) is 2. The lowest BCUT2D eigenvalue weighted by molar-refractivity contribution is 0.595. The summed E-state index contributed by atoms with van der Waals surface area (Å²) in [6.45, 7) is 4.27. The Hall–Kier alpha value is -1.25. The third-order valence-electron chi connectivity index (χ3n) is 1.77. The lowest BCUT2D eigenvalue weighted by Crippen LogP contribution is -1.90. The molecule has 0 fully saturated rings. The van der Waals surface area contributed by atoms with Crippen LogP contribution in [-0.4, -0.2) is 9.38 Å². The number of hydrogen-bond donors (Lipinski definition) is 0. The van der Waals surface area contributed by atoms with Gasteiger partial charge in [0.25, 0.3) is 0 Å². The zero-order chi connectivity index (χ0) is 7.84. The van der Waals surface area contributed by atoms with E-state index in [0.717, 1.165) is 0 Å². The number of aromatic nitrogens is 2. The Morgan fingerprint density at radius 2 is 2.36 bits per heavy atom. The first-order valence-corrected chi connectivity index (χ1v) is 3.69. The van der Waals surface area contributed by atoms with E-state index in [9.17, 15) is 0 Å². The van der Waals surface area contributed by atoms with Gasteiger partial charge in [0.1, 0.15) is 6.26 Å². The summed E-state index contributed by atoms with van der Waals surface area (Å²) < 4.78 is 7.06. The molecule has 0 aliphatic rings. The molecule has 58 valence electrons. The summed E-state index contributed by atoms with van der Waals surface area (Å²) in [7, 11) is 0. The van der Waals surface area contributed by atoms with Crippen molar-refractivity contribution in [3.63, 3.8) is 0 Å². The van der Waals surface area contributed by atoms with Crippen molar-refractivity contribution < 1.29 is 4.42 Å². The van der Waals surface area contributed by atoms with E-state index in [1.165, 1.54) is 5.69 Å². The van der Waals surface area contributed by atoms with Gasteiger partial charge in [0.15, 0.2) is 0 Å². The molecule has 2 heterocycles. The van der Waals surface area contributed by atoms with Crippen LogP contribution in [0.1, 0.15) is 25.5 Å². The van der Waals surface area contributed by atoms with Gasteiger partial charge in [0, 0.05) is 11.9 Å². The molecule has 0 saturated heterocycles. The minimum atomic E-state index is 0.489. The highest BCUT2D eigenvalue weighted by atomic mass is 16.3. The van der Waals surface area contributed by atoms with Crippen molar-refractivity contribution in [3.8, 4) is 0 Å². The second kappa shape index (κ2) is 2.12. The molecule has 0 aliphatic heterocycles. The van der Waals surface area contributed by atoms with Gasteiger partial charge in [-0.25, -0.2) is 4.98 Å². The first kappa shape index (κ1) is 6.46. The molecule has 2 rings (SSSR count). The smallest absolute Gasteiger partial charge is 0.305 e. The van der Waals surface area contributed by atoms with Crippen LogP contribution in [0.4, 0.5) is 0 Å². The largest absolute Gasteiger partial charge is 0.432 e. The van der Waals surface area contributed by atoms with E-state index in [-0.39, 0.29) is 0 Å². The van der Waals surface area contributed by atoms with Gasteiger partial charge in [0.2, 0.25) is 0 Å². The summed E-state index contributed by atoms with van der Waals surface area (Å²) >= 11 is 0. The van der Waals surface area contributed by atoms with Crippen molar-refractivity contribution >= 4 is 5.84 Å². The summed E-state index contributed by atoms with van der Waals surface area (Å²) in [4.78, 5) is 4.10. The zero-order valence-electron chi connectivity index (χ0n) is 6.61. The molecule has 0 unspecified atom stereocenters. The highest BCUT2D eigenvalue weighted by Crippen LogP contribution is 2.15. The molecule has 0 radical (unpaired) electrons. The minimum Gasteiger partial charge on any atom is -0.432 e. The number of oxazole rings is 1. The normalized spacial score (nSPS) is 11.5. The van der Waals surface area contributed by atoms with E-state index < -0.39 is 0 Å². The molecule has 3 heteroatoms. The third kappa shape index (κ3) is 0.843. The molecule has 0 saturated carbocycles. The van der Waals surface area contributed by atoms with Crippen molar-refractivity contribution in [2.24, 2.45) is 0 Å². The lowest BCUT2D eigenvalue weighted by atomic mass is 10.1. The molecule has 0 N–H and O–H groups in total. The number of imidazole rings is 1. The summed E-state index contributed by atoms with van der Waals surface area (Å²) in [5.41, 5.74) is 1.19. The predicted octanol–water partition coefficient (Wildman–Crippen LogP) is 2.05. The first-order valence-electron chi connectivity index (χ1n) is 3.69. The molecule has 2 aromatic rings. The summed E-state index contributed by atoms with van der Waals surface area (Å²) in [6.07, 6.45) is 5.38. The number of rotatable bonds is 1. The molecule has 0 aromatic carbocycles. The molecular weight excluding hydrogens is 140 g/mol. The molecule has 3 nitrogen and oxygen atoms in total. The van der Waals surface area contributed by atoms with Gasteiger partial charge in [-0.1, -0.05) is 13.8 Å². The van der Waals surface area contributed by atoms with E-state index in [2.05, 4.69) is 18.8 Å². The Morgan fingerprint density at radius 3 is 3.09 bits per heavy atom. The van der Waals surface area contributed by atoms with Crippen LogP contribution in [0.2, 0.25) is 0 Å². The molecule has 0 aliphatic carbocycles. The second-order valence-electron chi connectivity index (χ2n) is 2.89. The highest BCUT2D eigenvalue weighted by molar-refractivity contribution is 5.27. The van der Waals surface area contributed by atoms with Crippen LogP contribution < -0.4 is 0 Å². The fraction of sp³-hybridized carbons (Fsp3) is 0.375. The van der Waals surface area contributed by atoms with Crippen molar-refractivity contribution in [1.29, 1.82) is 0 Å². The van der Waals surface area contributed by atoms with Crippen LogP contribution in [-0.2, 0) is 0 Å². The molecular formula is C8H10N2O. The van der Waals surface area contributed by atoms with Crippen LogP contribution in [0.15, 0.2) is 23.1 Å². The summed E-state index contributed by atoms with van der Waals surface area (Å²) in [5, 5.41) is 0. The van der Waals surface area contributed by atoms with E-state index in [4.69, 9.17) is 4.42 Å². The van der Waals surface area contributed by atoms with E-state index in [1.807, 2.05) is 16.8 Å². The van der Waals surface area contributed by atoms with Gasteiger partial charge < -0.3 is 4.42 Å². The highest BCUT2D eigenvalue weighted by Gasteiger charge is 2.07. The first-order chi connectivity index (χ1) is 5.29. The number of fused-ring (bicyclic) bond motifs is 1. The van der Waals surface area contributed by atoms with E-state index >= 15 is 0 Å². The Kier molecular flexibility index (Phi) is 1.24. The minimum absolute atomic E-state index is 0.489. The topological polar surface area (TPSA) is 30.4 Å². The van der Waals surface area contributed by atoms with Gasteiger partial charge in [-0.2, -0.15) is 0 Å². The fourth-order valence-corrected chi connectivity index (χ4v) is 1.17. The maximum atomic E-state index is 5.10. The van der Waals surface area contributed by atoms with Gasteiger partial charge in [-0.05, 0) is 5.92 Å². The second-order valence-corrected chi connectivity index (χ2v) is 2.89. The van der Waals surface area contributed by atoms with Crippen molar-refractivity contribution in [1.82, 2.24) is 9.38 Å². The monoisotopic (exact) mass is 150 g/mol. The van der Waals surface area contributed by atoms with Crippen LogP contribution in [0, 0.1) is 0 Å². The predicted molar refractivity (Wildman–Crippen MR) is 41.5 cm³/mol. The Morgan fingerprint density at radius 1 is 1.55 bits per heavy atom. The van der Waals surface area contributed by atoms with Crippen LogP contribution in [0.25, 0.3) is 5.84 Å². The van der Waals surface area contributed by atoms with Crippen molar-refractivity contribution in [2.45, 2.75) is 19.8 Å². The van der Waals surface area contributed by atoms with Crippen LogP contribution in [0.3, 0.4) is 0 Å². The third-order valence-corrected chi connectivity index (χ3v) is 1.77. The summed E-state index contributed by atoms with van der Waals surface area (Å²) in [6, 6.07) is 0. The van der Waals surface area contributed by atoms with Gasteiger partial charge in [0.05, 0.1) is 6.20 Å². The SMILES string of the molecule is CC(C)c1cnc2occn12. The molecule has 0 bridgehead atoms. The van der Waals surface area contributed by atoms with Crippen LogP contribution in [0.5, 0.6) is 0 Å². The maximum absolute atomic E-state index is 5.10. The van der Waals surface area contributed by atoms with Crippen LogP contribution >= 0.6 is 0 Å². The summed E-state index contributed by atoms with van der Waals surface area (Å²) in [5.74, 6) is 1.16. The quantitative estimate of drug-likeness (QED) is 0.622. The van der Waals surface area contributed by atoms with E-state index in [0.29, 0.717) is 11.8 Å². The van der Waals surface area contributed by atoms with Gasteiger partial charge in [-0.15, -0.1) is 0 Å². The van der Waals surface area contributed by atoms with Crippen molar-refractivity contribution in [2.75, 3.05) is 0 Å². The van der Waals surface area contributed by atoms with E-state index in [1.54, 1.807) is 6.26 Å². The average molecular weight is 150 g/mol. The zero-order valence-corrected chi connectivity index (χ0v) is 6.61. The lowest BCUT2D eigenvalue weighted by Gasteiger charge is -1.99. The molecule has 0 amide bonds. The van der Waals surface area contributed by atoms with Gasteiger partial charge in [-0.3, -0.25) is 4.40 Å². The number of hydrogen-bond acceptors (Lipinski definition) is 2. The fourth-order valence-electron chi connectivity index (χ4n) is 1.17. The Labute approximate surface area is 64.7 Å². The molecule has 0 spiro atoms. The van der Waals surface area contributed by atoms with Crippen molar-refractivity contribution in [3.05, 3.63) is 24.4 Å². The Bertz CT molecular complexity index is 359. The molecule has 11 heavy (non-hydrogen) atoms. The average Bonchev–Trinajstić information content (AvgIpc) is 2.41.